The molecule has 24 nitrogen and oxygen atoms in total. The summed E-state index contributed by atoms with van der Waals surface area (Å²) in [6.45, 7) is 1.51. The van der Waals surface area contributed by atoms with Crippen LogP contribution in [0.5, 0.6) is 11.5 Å². The molecular formula is C54H42F2N14O10P2. The van der Waals surface area contributed by atoms with Crippen LogP contribution in [0.4, 0.5) is 20.7 Å². The summed E-state index contributed by atoms with van der Waals surface area (Å²) in [6.07, 6.45) is 9.22. The highest BCUT2D eigenvalue weighted by Crippen LogP contribution is 2.38. The van der Waals surface area contributed by atoms with Crippen molar-refractivity contribution in [2.24, 2.45) is 0 Å². The smallest absolute Gasteiger partial charge is 0.471 e. The molecule has 0 atom stereocenters. The van der Waals surface area contributed by atoms with Crippen LogP contribution in [0.15, 0.2) is 122 Å². The van der Waals surface area contributed by atoms with Crippen molar-refractivity contribution < 1.29 is 56.0 Å². The van der Waals surface area contributed by atoms with Gasteiger partial charge in [-0.1, -0.05) is 24.0 Å². The summed E-state index contributed by atoms with van der Waals surface area (Å²) >= 11 is 0. The summed E-state index contributed by atoms with van der Waals surface area (Å²) in [5.41, 5.74) is 7.34. The second kappa shape index (κ2) is 23.0. The first-order chi connectivity index (χ1) is 39.5. The second-order valence-corrected chi connectivity index (χ2v) is 20.6. The molecule has 0 bridgehead atoms. The van der Waals surface area contributed by atoms with Gasteiger partial charge in [-0.3, -0.25) is 9.05 Å². The lowest BCUT2D eigenvalue weighted by atomic mass is 10.1. The first kappa shape index (κ1) is 54.5. The maximum atomic E-state index is 14.8. The molecule has 6 aromatic heterocycles. The van der Waals surface area contributed by atoms with Crippen LogP contribution in [0.25, 0.3) is 44.8 Å². The van der Waals surface area contributed by atoms with Crippen molar-refractivity contribution in [3.8, 4) is 58.2 Å². The fraction of sp³-hybridized carbons (Fsp3) is 0.148. The van der Waals surface area contributed by atoms with Crippen LogP contribution < -0.4 is 19.3 Å². The van der Waals surface area contributed by atoms with Gasteiger partial charge < -0.3 is 38.8 Å². The lowest BCUT2D eigenvalue weighted by Gasteiger charge is -2.15. The predicted octanol–water partition coefficient (Wildman–Crippen LogP) is 6.84. The molecule has 2 aliphatic rings. The van der Waals surface area contributed by atoms with Crippen LogP contribution in [0.3, 0.4) is 0 Å². The van der Waals surface area contributed by atoms with Gasteiger partial charge in [0, 0.05) is 79.1 Å². The number of anilines is 2. The molecule has 82 heavy (non-hydrogen) atoms. The van der Waals surface area contributed by atoms with Crippen LogP contribution in [-0.4, -0.2) is 93.2 Å². The van der Waals surface area contributed by atoms with Crippen molar-refractivity contribution >= 4 is 49.3 Å². The van der Waals surface area contributed by atoms with Gasteiger partial charge in [0.1, 0.15) is 51.1 Å². The van der Waals surface area contributed by atoms with Gasteiger partial charge in [-0.05, 0) is 107 Å². The zero-order chi connectivity index (χ0) is 57.1. The van der Waals surface area contributed by atoms with E-state index < -0.39 is 40.7 Å². The van der Waals surface area contributed by atoms with E-state index in [1.54, 1.807) is 75.4 Å². The summed E-state index contributed by atoms with van der Waals surface area (Å²) < 4.78 is 73.0. The number of hydrogen-bond acceptors (Lipinski definition) is 18. The Labute approximate surface area is 463 Å². The zero-order valence-electron chi connectivity index (χ0n) is 42.9. The molecular weight excluding hydrogens is 1100 g/mol. The van der Waals surface area contributed by atoms with Crippen LogP contribution in [-0.2, 0) is 57.8 Å². The number of fused-ring (bicyclic) bond motifs is 4. The van der Waals surface area contributed by atoms with Crippen LogP contribution in [0, 0.1) is 35.3 Å². The minimum Gasteiger partial charge on any atom is -0.497 e. The minimum atomic E-state index is -4.74. The fourth-order valence-electron chi connectivity index (χ4n) is 8.80. The molecule has 4 aromatic carbocycles. The Morgan fingerprint density at radius 1 is 0.561 bits per heavy atom. The highest BCUT2D eigenvalue weighted by Gasteiger charge is 2.25. The number of aromatic nitrogens is 12. The third-order valence-corrected chi connectivity index (χ3v) is 13.5. The van der Waals surface area contributed by atoms with Gasteiger partial charge in [0.05, 0.1) is 20.4 Å². The lowest BCUT2D eigenvalue weighted by molar-refractivity contribution is 0.145. The topological polar surface area (TPSA) is 297 Å². The maximum absolute atomic E-state index is 14.8. The normalized spacial score (nSPS) is 12.7. The highest BCUT2D eigenvalue weighted by atomic mass is 31.2. The van der Waals surface area contributed by atoms with Crippen LogP contribution >= 0.6 is 15.6 Å². The molecule has 0 saturated heterocycles. The number of ether oxygens (including phenoxy) is 2. The van der Waals surface area contributed by atoms with E-state index in [-0.39, 0.29) is 11.0 Å². The van der Waals surface area contributed by atoms with E-state index in [9.17, 15) is 17.9 Å². The van der Waals surface area contributed by atoms with Crippen molar-refractivity contribution in [3.05, 3.63) is 179 Å². The van der Waals surface area contributed by atoms with Gasteiger partial charge >= 0.3 is 15.6 Å². The Morgan fingerprint density at radius 3 is 1.60 bits per heavy atom. The van der Waals surface area contributed by atoms with Gasteiger partial charge in [0.2, 0.25) is 11.9 Å². The van der Waals surface area contributed by atoms with Gasteiger partial charge in [-0.25, -0.2) is 67.1 Å². The summed E-state index contributed by atoms with van der Waals surface area (Å²) in [7, 11) is -6.15. The number of methoxy groups -OCH3 is 2. The molecule has 412 valence electrons. The Balaban J connectivity index is 0.000000172. The molecule has 8 heterocycles. The quantitative estimate of drug-likeness (QED) is 0.0719. The van der Waals surface area contributed by atoms with Crippen molar-refractivity contribution in [2.75, 3.05) is 24.0 Å². The first-order valence-electron chi connectivity index (χ1n) is 24.4. The third-order valence-electron chi connectivity index (χ3n) is 12.6. The van der Waals surface area contributed by atoms with Crippen molar-refractivity contribution in [1.29, 1.82) is 0 Å². The van der Waals surface area contributed by atoms with E-state index in [1.165, 1.54) is 35.7 Å². The Morgan fingerprint density at radius 2 is 1.06 bits per heavy atom. The van der Waals surface area contributed by atoms with Crippen molar-refractivity contribution in [2.45, 2.75) is 39.6 Å². The van der Waals surface area contributed by atoms with E-state index >= 15 is 0 Å². The summed E-state index contributed by atoms with van der Waals surface area (Å²) in [4.78, 5) is 75.6. The molecule has 2 aliphatic heterocycles. The molecule has 0 aliphatic carbocycles. The van der Waals surface area contributed by atoms with Gasteiger partial charge in [0.25, 0.3) is 0 Å². The Bertz CT molecular complexity index is 4170. The van der Waals surface area contributed by atoms with E-state index in [2.05, 4.69) is 92.6 Å². The predicted molar refractivity (Wildman–Crippen MR) is 289 cm³/mol. The number of halogens is 2. The molecule has 12 rings (SSSR count). The van der Waals surface area contributed by atoms with Gasteiger partial charge in [0.15, 0.2) is 30.9 Å². The maximum Gasteiger partial charge on any atom is 0.471 e. The average Bonchev–Trinajstić information content (AvgIpc) is 4.46. The summed E-state index contributed by atoms with van der Waals surface area (Å²) in [5.74, 6) is 13.7. The fourth-order valence-corrected chi connectivity index (χ4v) is 9.33. The highest BCUT2D eigenvalue weighted by molar-refractivity contribution is 7.46. The number of phosphoric ester groups is 2. The third kappa shape index (κ3) is 12.8. The van der Waals surface area contributed by atoms with Crippen LogP contribution in [0.1, 0.15) is 44.8 Å². The number of benzene rings is 4. The summed E-state index contributed by atoms with van der Waals surface area (Å²) in [6, 6.07) is 24.3. The number of rotatable bonds is 12. The van der Waals surface area contributed by atoms with Crippen molar-refractivity contribution in [1.82, 2.24) is 59.4 Å². The molecule has 0 radical (unpaired) electrons. The average molecular weight is 1150 g/mol. The van der Waals surface area contributed by atoms with E-state index in [1.807, 2.05) is 36.4 Å². The largest absolute Gasteiger partial charge is 0.497 e. The minimum absolute atomic E-state index is 0.0222. The first-order valence-corrected chi connectivity index (χ1v) is 27.5. The van der Waals surface area contributed by atoms with E-state index in [0.717, 1.165) is 32.0 Å². The number of nitrogens with zero attached hydrogens (tertiary/aromatic N) is 14. The van der Waals surface area contributed by atoms with Crippen molar-refractivity contribution in [3.63, 3.8) is 0 Å². The molecule has 0 spiro atoms. The van der Waals surface area contributed by atoms with Gasteiger partial charge in [-0.2, -0.15) is 10.2 Å². The molecule has 0 fully saturated rings. The monoisotopic (exact) mass is 1150 g/mol. The molecule has 28 heteroatoms. The SMILES string of the molecule is COc1ccc2c(c1)CN(c1nccc(-c3nccc(C#Cc4cc(F)c5c(cnn5COP(=O)(O)O)c4)n3)n1)C2.COc1ccc2c(c1)CN(c1nccc(-c3nccc(C#Cc4cc(F)c5nn(COP(=O)(O)O)cc5c4)n3)n1)C2. The second-order valence-electron chi connectivity index (χ2n) is 18.1. The Kier molecular flexibility index (Phi) is 15.3. The zero-order valence-corrected chi connectivity index (χ0v) is 44.7. The standard InChI is InChI=1S/2C27H21FN7O5P/c1-39-22-5-3-18-14-34(15-20(18)12-22)27-30-9-7-24(33-27)26-29-8-6-21(32-26)4-2-17-10-19-13-31-35(16-40-41(36,37)38)25(19)23(28)11-17;1-39-22-5-3-18-13-34(14-19(18)12-22)27-30-9-7-24(32-27)26-29-8-6-21(31-26)4-2-17-10-20-15-35(16-40-41(36,37)38)33-25(20)23(28)11-17/h3,5-13H,14-16H2,1H3,(H2,36,37,38);3,5-12,15H,13-14,16H2,1H3,(H2,36,37,38). The molecule has 0 unspecified atom stereocenters. The van der Waals surface area contributed by atoms with E-state index in [0.29, 0.717) is 94.4 Å². The Hall–Kier alpha value is -9.46. The molecule has 4 N–H and O–H groups in total. The van der Waals surface area contributed by atoms with Crippen LogP contribution in [0.2, 0.25) is 0 Å². The molecule has 0 amide bonds. The van der Waals surface area contributed by atoms with E-state index in [4.69, 9.17) is 29.0 Å². The molecule has 10 aromatic rings. The van der Waals surface area contributed by atoms with Gasteiger partial charge in [-0.15, -0.1) is 0 Å². The number of phosphoric acid groups is 2. The lowest BCUT2D eigenvalue weighted by Crippen LogP contribution is -2.17. The number of hydrogen-bond donors (Lipinski definition) is 4. The molecule has 0 saturated carbocycles. The summed E-state index contributed by atoms with van der Waals surface area (Å²) in [5, 5.41) is 8.68.